The van der Waals surface area contributed by atoms with E-state index in [2.05, 4.69) is 74.7 Å². The van der Waals surface area contributed by atoms with Crippen LogP contribution in [-0.4, -0.2) is 55.1 Å². The maximum atomic E-state index is 12.4. The number of benzene rings is 1. The number of esters is 1. The molecule has 9 nitrogen and oxygen atoms in total. The number of anilines is 1. The minimum absolute atomic E-state index is 0.0791. The highest BCUT2D eigenvalue weighted by atomic mass is 32.1. The standard InChI is InChI=1S/C36H43N7O2S/c1-21-23(3)46-33-30(21)31(39-22(2)32-41-40-24(4)43(32)33)27-10-8-25(9-11-27)26-12-14-36(15-13-26)16-17-42(20-36)29-19-37-28(18-38-29)34(44)45-35(5,6)7/h8-11,18-19,22,26H,12-17,20H2,1-7H3/t22-,26?,36?/m0/s1. The van der Waals surface area contributed by atoms with Crippen LogP contribution in [0.15, 0.2) is 41.7 Å². The molecule has 0 N–H and O–H groups in total. The maximum Gasteiger partial charge on any atom is 0.359 e. The molecule has 1 aromatic carbocycles. The van der Waals surface area contributed by atoms with E-state index in [0.29, 0.717) is 11.3 Å². The van der Waals surface area contributed by atoms with Gasteiger partial charge in [-0.05, 0) is 103 Å². The molecule has 4 aromatic rings. The normalized spacial score (nSPS) is 22.8. The van der Waals surface area contributed by atoms with Crippen molar-refractivity contribution in [3.63, 3.8) is 0 Å². The van der Waals surface area contributed by atoms with Crippen molar-refractivity contribution >= 4 is 28.8 Å². The summed E-state index contributed by atoms with van der Waals surface area (Å²) in [5.41, 5.74) is 6.13. The van der Waals surface area contributed by atoms with Gasteiger partial charge in [0, 0.05) is 29.1 Å². The molecule has 3 aliphatic rings. The molecule has 0 unspecified atom stereocenters. The average molecular weight is 638 g/mol. The predicted octanol–water partition coefficient (Wildman–Crippen LogP) is 7.47. The van der Waals surface area contributed by atoms with E-state index in [0.717, 1.165) is 41.8 Å². The van der Waals surface area contributed by atoms with Gasteiger partial charge < -0.3 is 9.64 Å². The largest absolute Gasteiger partial charge is 0.455 e. The smallest absolute Gasteiger partial charge is 0.359 e. The summed E-state index contributed by atoms with van der Waals surface area (Å²) in [5.74, 6) is 2.77. The van der Waals surface area contributed by atoms with Crippen molar-refractivity contribution in [2.75, 3.05) is 18.0 Å². The van der Waals surface area contributed by atoms with Crippen molar-refractivity contribution in [3.8, 4) is 5.00 Å². The van der Waals surface area contributed by atoms with Gasteiger partial charge in [-0.1, -0.05) is 24.3 Å². The van der Waals surface area contributed by atoms with Gasteiger partial charge >= 0.3 is 5.97 Å². The molecule has 1 atom stereocenters. The van der Waals surface area contributed by atoms with Crippen LogP contribution in [0, 0.1) is 26.2 Å². The van der Waals surface area contributed by atoms with Crippen molar-refractivity contribution < 1.29 is 9.53 Å². The van der Waals surface area contributed by atoms with Gasteiger partial charge in [0.15, 0.2) is 11.5 Å². The number of ether oxygens (including phenoxy) is 1. The summed E-state index contributed by atoms with van der Waals surface area (Å²) in [4.78, 5) is 30.2. The van der Waals surface area contributed by atoms with E-state index in [9.17, 15) is 4.79 Å². The molecule has 3 aromatic heterocycles. The summed E-state index contributed by atoms with van der Waals surface area (Å²) in [7, 11) is 0. The third kappa shape index (κ3) is 5.54. The van der Waals surface area contributed by atoms with Crippen LogP contribution in [0.4, 0.5) is 5.82 Å². The molecule has 7 rings (SSSR count). The molecule has 0 amide bonds. The van der Waals surface area contributed by atoms with Gasteiger partial charge in [0.2, 0.25) is 0 Å². The topological polar surface area (TPSA) is 98.4 Å². The Morgan fingerprint density at radius 2 is 1.74 bits per heavy atom. The number of aryl methyl sites for hydroxylation is 2. The molecular weight excluding hydrogens is 595 g/mol. The van der Waals surface area contributed by atoms with Crippen LogP contribution in [0.3, 0.4) is 0 Å². The van der Waals surface area contributed by atoms with E-state index < -0.39 is 11.6 Å². The van der Waals surface area contributed by atoms with Gasteiger partial charge in [-0.3, -0.25) is 9.56 Å². The van der Waals surface area contributed by atoms with E-state index >= 15 is 0 Å². The Morgan fingerprint density at radius 3 is 2.41 bits per heavy atom. The third-order valence-electron chi connectivity index (χ3n) is 10.1. The van der Waals surface area contributed by atoms with Gasteiger partial charge in [0.1, 0.15) is 28.3 Å². The van der Waals surface area contributed by atoms with Crippen LogP contribution < -0.4 is 4.90 Å². The first-order valence-electron chi connectivity index (χ1n) is 16.4. The molecule has 2 fully saturated rings. The number of rotatable bonds is 4. The monoisotopic (exact) mass is 637 g/mol. The van der Waals surface area contributed by atoms with E-state index in [4.69, 9.17) is 9.73 Å². The molecule has 46 heavy (non-hydrogen) atoms. The fourth-order valence-corrected chi connectivity index (χ4v) is 8.63. The fraction of sp³-hybridized carbons (Fsp3) is 0.500. The second kappa shape index (κ2) is 11.4. The highest BCUT2D eigenvalue weighted by Crippen LogP contribution is 2.49. The minimum atomic E-state index is -0.558. The zero-order valence-electron chi connectivity index (χ0n) is 27.9. The maximum absolute atomic E-state index is 12.4. The SMILES string of the molecule is Cc1sc2c(c1C)C(c1ccc(C3CCC4(CC3)CCN(c3cnc(C(=O)OC(C)(C)C)cn3)C4)cc1)=N[C@@H](C)c1nnc(C)n1-2. The molecule has 1 spiro atoms. The third-order valence-corrected chi connectivity index (χ3v) is 11.3. The zero-order valence-corrected chi connectivity index (χ0v) is 28.7. The predicted molar refractivity (Wildman–Crippen MR) is 182 cm³/mol. The highest BCUT2D eigenvalue weighted by molar-refractivity contribution is 7.15. The van der Waals surface area contributed by atoms with Crippen molar-refractivity contribution in [1.29, 1.82) is 0 Å². The van der Waals surface area contributed by atoms with Crippen LogP contribution >= 0.6 is 11.3 Å². The van der Waals surface area contributed by atoms with Crippen molar-refractivity contribution in [1.82, 2.24) is 24.7 Å². The molecule has 1 saturated carbocycles. The summed E-state index contributed by atoms with van der Waals surface area (Å²) >= 11 is 1.80. The van der Waals surface area contributed by atoms with E-state index in [1.54, 1.807) is 23.7 Å². The van der Waals surface area contributed by atoms with Crippen LogP contribution in [-0.2, 0) is 4.74 Å². The second-order valence-corrected chi connectivity index (χ2v) is 15.6. The number of hydrogen-bond acceptors (Lipinski definition) is 9. The summed E-state index contributed by atoms with van der Waals surface area (Å²) in [5, 5.41) is 10.1. The Balaban J connectivity index is 1.03. The summed E-state index contributed by atoms with van der Waals surface area (Å²) < 4.78 is 7.64. The molecule has 240 valence electrons. The number of carbonyl (C=O) groups is 1. The van der Waals surface area contributed by atoms with E-state index in [-0.39, 0.29) is 11.7 Å². The molecule has 2 aliphatic heterocycles. The number of fused-ring (bicyclic) bond motifs is 3. The van der Waals surface area contributed by atoms with E-state index in [1.165, 1.54) is 58.7 Å². The van der Waals surface area contributed by atoms with Gasteiger partial charge in [0.05, 0.1) is 18.1 Å². The highest BCUT2D eigenvalue weighted by Gasteiger charge is 2.42. The van der Waals surface area contributed by atoms with Gasteiger partial charge in [-0.25, -0.2) is 14.8 Å². The van der Waals surface area contributed by atoms with Gasteiger partial charge in [-0.2, -0.15) is 0 Å². The first kappa shape index (κ1) is 30.7. The van der Waals surface area contributed by atoms with Crippen LogP contribution in [0.25, 0.3) is 5.00 Å². The summed E-state index contributed by atoms with van der Waals surface area (Å²) in [6, 6.07) is 9.14. The summed E-state index contributed by atoms with van der Waals surface area (Å²) in [6.07, 6.45) is 9.23. The lowest BCUT2D eigenvalue weighted by Crippen LogP contribution is -2.31. The van der Waals surface area contributed by atoms with E-state index in [1.807, 2.05) is 27.7 Å². The number of aromatic nitrogens is 5. The number of aliphatic imine (C=N–C) groups is 1. The molecule has 1 saturated heterocycles. The van der Waals surface area contributed by atoms with Crippen molar-refractivity contribution in [3.05, 3.63) is 81.1 Å². The van der Waals surface area contributed by atoms with Crippen molar-refractivity contribution in [2.24, 2.45) is 10.4 Å². The lowest BCUT2D eigenvalue weighted by molar-refractivity contribution is 0.00623. The second-order valence-electron chi connectivity index (χ2n) is 14.4. The first-order chi connectivity index (χ1) is 21.9. The molecule has 5 heterocycles. The Bertz CT molecular complexity index is 1810. The van der Waals surface area contributed by atoms with Gasteiger partial charge in [0.25, 0.3) is 0 Å². The number of thiophene rings is 1. The molecule has 0 radical (unpaired) electrons. The molecular formula is C36H43N7O2S. The summed E-state index contributed by atoms with van der Waals surface area (Å²) in [6.45, 7) is 16.0. The van der Waals surface area contributed by atoms with Crippen LogP contribution in [0.5, 0.6) is 0 Å². The van der Waals surface area contributed by atoms with Crippen LogP contribution in [0.2, 0.25) is 0 Å². The first-order valence-corrected chi connectivity index (χ1v) is 17.2. The lowest BCUT2D eigenvalue weighted by Gasteiger charge is -2.37. The Hall–Kier alpha value is -3.92. The Morgan fingerprint density at radius 1 is 1.00 bits per heavy atom. The lowest BCUT2D eigenvalue weighted by atomic mass is 9.68. The molecule has 10 heteroatoms. The molecule has 0 bridgehead atoms. The number of hydrogen-bond donors (Lipinski definition) is 0. The van der Waals surface area contributed by atoms with Crippen LogP contribution in [0.1, 0.15) is 121 Å². The fourth-order valence-electron chi connectivity index (χ4n) is 7.42. The quantitative estimate of drug-likeness (QED) is 0.214. The zero-order chi connectivity index (χ0) is 32.4. The number of carbonyl (C=O) groups excluding carboxylic acids is 1. The molecule has 1 aliphatic carbocycles. The van der Waals surface area contributed by atoms with Crippen molar-refractivity contribution in [2.45, 2.75) is 98.1 Å². The average Bonchev–Trinajstić information content (AvgIpc) is 3.68. The number of nitrogens with zero attached hydrogens (tertiary/aromatic N) is 7. The Kier molecular flexibility index (Phi) is 7.61. The minimum Gasteiger partial charge on any atom is -0.455 e. The van der Waals surface area contributed by atoms with Gasteiger partial charge in [-0.15, -0.1) is 21.5 Å². The Labute approximate surface area is 275 Å².